The van der Waals surface area contributed by atoms with Gasteiger partial charge in [-0.05, 0) is 18.6 Å². The number of thioether (sulfide) groups is 1. The summed E-state index contributed by atoms with van der Waals surface area (Å²) in [7, 11) is 0. The summed E-state index contributed by atoms with van der Waals surface area (Å²) in [5.74, 6) is 0.662. The van der Waals surface area contributed by atoms with E-state index in [9.17, 15) is 13.2 Å². The lowest BCUT2D eigenvalue weighted by Gasteiger charge is -2.09. The predicted octanol–water partition coefficient (Wildman–Crippen LogP) is 2.93. The van der Waals surface area contributed by atoms with Crippen molar-refractivity contribution in [3.63, 3.8) is 0 Å². The van der Waals surface area contributed by atoms with E-state index in [1.54, 1.807) is 0 Å². The van der Waals surface area contributed by atoms with Gasteiger partial charge in [-0.15, -0.1) is 11.8 Å². The molecular weight excluding hydrogens is 237 g/mol. The first kappa shape index (κ1) is 13.3. The summed E-state index contributed by atoms with van der Waals surface area (Å²) in [6.07, 6.45) is -2.64. The van der Waals surface area contributed by atoms with Gasteiger partial charge in [0.2, 0.25) is 0 Å². The van der Waals surface area contributed by atoms with Gasteiger partial charge in [-0.1, -0.05) is 6.92 Å². The van der Waals surface area contributed by atoms with Crippen LogP contribution in [-0.2, 0) is 6.18 Å². The van der Waals surface area contributed by atoms with Gasteiger partial charge in [0.05, 0.1) is 10.6 Å². The highest BCUT2D eigenvalue weighted by molar-refractivity contribution is 7.99. The molecule has 2 nitrogen and oxygen atoms in total. The maximum atomic E-state index is 12.2. The lowest BCUT2D eigenvalue weighted by Crippen LogP contribution is -2.21. The molecular formula is C10H13F3N2S. The first-order chi connectivity index (χ1) is 7.43. The first-order valence-corrected chi connectivity index (χ1v) is 5.83. The van der Waals surface area contributed by atoms with E-state index in [-0.39, 0.29) is 6.04 Å². The number of hydrogen-bond donors (Lipinski definition) is 1. The van der Waals surface area contributed by atoms with Gasteiger partial charge in [0.1, 0.15) is 0 Å². The van der Waals surface area contributed by atoms with Crippen molar-refractivity contribution in [3.05, 3.63) is 23.9 Å². The summed E-state index contributed by atoms with van der Waals surface area (Å²) in [5, 5.41) is 0.567. The normalized spacial score (nSPS) is 13.8. The molecule has 16 heavy (non-hydrogen) atoms. The maximum absolute atomic E-state index is 12.2. The van der Waals surface area contributed by atoms with Crippen LogP contribution in [0.5, 0.6) is 0 Å². The molecule has 0 aliphatic carbocycles. The molecule has 90 valence electrons. The summed E-state index contributed by atoms with van der Waals surface area (Å²) < 4.78 is 36.7. The molecule has 0 spiro atoms. The standard InChI is InChI=1S/C10H13F3N2S/c1-2-8(14)6-16-9-4-3-7(5-15-9)10(11,12)13/h3-5,8H,2,6,14H2,1H3. The van der Waals surface area contributed by atoms with E-state index in [4.69, 9.17) is 5.73 Å². The third-order valence-electron chi connectivity index (χ3n) is 2.03. The van der Waals surface area contributed by atoms with Crippen LogP contribution in [0.3, 0.4) is 0 Å². The molecule has 2 N–H and O–H groups in total. The molecule has 0 saturated heterocycles. The average molecular weight is 250 g/mol. The zero-order valence-corrected chi connectivity index (χ0v) is 9.61. The summed E-state index contributed by atoms with van der Waals surface area (Å²) in [5.41, 5.74) is 4.97. The van der Waals surface area contributed by atoms with Gasteiger partial charge in [-0.2, -0.15) is 13.2 Å². The van der Waals surface area contributed by atoms with Crippen LogP contribution < -0.4 is 5.73 Å². The fourth-order valence-corrected chi connectivity index (χ4v) is 1.86. The van der Waals surface area contributed by atoms with Crippen LogP contribution in [0.2, 0.25) is 0 Å². The van der Waals surface area contributed by atoms with E-state index < -0.39 is 11.7 Å². The smallest absolute Gasteiger partial charge is 0.327 e. The van der Waals surface area contributed by atoms with Crippen LogP contribution in [0, 0.1) is 0 Å². The Kier molecular flexibility index (Phi) is 4.61. The predicted molar refractivity (Wildman–Crippen MR) is 58.2 cm³/mol. The molecule has 0 amide bonds. The Bertz CT molecular complexity index is 324. The minimum Gasteiger partial charge on any atom is -0.327 e. The largest absolute Gasteiger partial charge is 0.417 e. The first-order valence-electron chi connectivity index (χ1n) is 4.85. The molecule has 0 bridgehead atoms. The lowest BCUT2D eigenvalue weighted by atomic mass is 10.3. The third kappa shape index (κ3) is 4.02. The van der Waals surface area contributed by atoms with Crippen molar-refractivity contribution in [2.45, 2.75) is 30.6 Å². The van der Waals surface area contributed by atoms with E-state index in [1.165, 1.54) is 17.8 Å². The number of alkyl halides is 3. The number of nitrogens with zero attached hydrogens (tertiary/aromatic N) is 1. The second kappa shape index (κ2) is 5.54. The summed E-state index contributed by atoms with van der Waals surface area (Å²) in [6.45, 7) is 1.96. The second-order valence-corrected chi connectivity index (χ2v) is 4.40. The van der Waals surface area contributed by atoms with Gasteiger partial charge in [0, 0.05) is 18.0 Å². The fourth-order valence-electron chi connectivity index (χ4n) is 0.944. The molecule has 1 aromatic rings. The van der Waals surface area contributed by atoms with Crippen LogP contribution in [0.4, 0.5) is 13.2 Å². The zero-order valence-electron chi connectivity index (χ0n) is 8.79. The number of rotatable bonds is 4. The Morgan fingerprint density at radius 3 is 2.56 bits per heavy atom. The number of hydrogen-bond acceptors (Lipinski definition) is 3. The summed E-state index contributed by atoms with van der Waals surface area (Å²) >= 11 is 1.37. The highest BCUT2D eigenvalue weighted by atomic mass is 32.2. The topological polar surface area (TPSA) is 38.9 Å². The molecule has 1 aromatic heterocycles. The van der Waals surface area contributed by atoms with Crippen LogP contribution >= 0.6 is 11.8 Å². The summed E-state index contributed by atoms with van der Waals surface area (Å²) in [6, 6.07) is 2.46. The molecule has 0 saturated carbocycles. The highest BCUT2D eigenvalue weighted by Crippen LogP contribution is 2.29. The van der Waals surface area contributed by atoms with Gasteiger partial charge in [0.25, 0.3) is 0 Å². The van der Waals surface area contributed by atoms with Crippen LogP contribution in [0.25, 0.3) is 0 Å². The number of halogens is 3. The number of aromatic nitrogens is 1. The Balaban J connectivity index is 2.58. The monoisotopic (exact) mass is 250 g/mol. The van der Waals surface area contributed by atoms with Crippen molar-refractivity contribution < 1.29 is 13.2 Å². The molecule has 0 aromatic carbocycles. The molecule has 0 fully saturated rings. The van der Waals surface area contributed by atoms with Crippen LogP contribution in [0.1, 0.15) is 18.9 Å². The zero-order chi connectivity index (χ0) is 12.2. The minimum absolute atomic E-state index is 0.0501. The van der Waals surface area contributed by atoms with Crippen molar-refractivity contribution in [2.24, 2.45) is 5.73 Å². The summed E-state index contributed by atoms with van der Waals surface area (Å²) in [4.78, 5) is 3.74. The maximum Gasteiger partial charge on any atom is 0.417 e. The molecule has 0 radical (unpaired) electrons. The van der Waals surface area contributed by atoms with E-state index in [1.807, 2.05) is 6.92 Å². The molecule has 0 aliphatic heterocycles. The van der Waals surface area contributed by atoms with Crippen molar-refractivity contribution in [1.29, 1.82) is 0 Å². The molecule has 1 rings (SSSR count). The Morgan fingerprint density at radius 1 is 1.44 bits per heavy atom. The Hall–Kier alpha value is -0.750. The number of nitrogens with two attached hydrogens (primary N) is 1. The van der Waals surface area contributed by atoms with Crippen molar-refractivity contribution in [1.82, 2.24) is 4.98 Å². The molecule has 1 heterocycles. The molecule has 6 heteroatoms. The molecule has 1 atom stereocenters. The minimum atomic E-state index is -4.32. The fraction of sp³-hybridized carbons (Fsp3) is 0.500. The Morgan fingerprint density at radius 2 is 2.12 bits per heavy atom. The lowest BCUT2D eigenvalue weighted by molar-refractivity contribution is -0.137. The third-order valence-corrected chi connectivity index (χ3v) is 3.17. The molecule has 0 aliphatic rings. The van der Waals surface area contributed by atoms with E-state index >= 15 is 0 Å². The second-order valence-electron chi connectivity index (χ2n) is 3.36. The van der Waals surface area contributed by atoms with Crippen LogP contribution in [-0.4, -0.2) is 16.8 Å². The van der Waals surface area contributed by atoms with Crippen molar-refractivity contribution >= 4 is 11.8 Å². The van der Waals surface area contributed by atoms with Gasteiger partial charge in [-0.3, -0.25) is 0 Å². The van der Waals surface area contributed by atoms with E-state index in [2.05, 4.69) is 4.98 Å². The average Bonchev–Trinajstić information content (AvgIpc) is 2.25. The highest BCUT2D eigenvalue weighted by Gasteiger charge is 2.30. The van der Waals surface area contributed by atoms with E-state index in [0.29, 0.717) is 10.8 Å². The van der Waals surface area contributed by atoms with Crippen molar-refractivity contribution in [2.75, 3.05) is 5.75 Å². The number of pyridine rings is 1. The van der Waals surface area contributed by atoms with E-state index in [0.717, 1.165) is 18.7 Å². The van der Waals surface area contributed by atoms with Gasteiger partial charge in [-0.25, -0.2) is 4.98 Å². The SMILES string of the molecule is CCC(N)CSc1ccc(C(F)(F)F)cn1. The van der Waals surface area contributed by atoms with Gasteiger partial charge < -0.3 is 5.73 Å². The van der Waals surface area contributed by atoms with Gasteiger partial charge in [0.15, 0.2) is 0 Å². The van der Waals surface area contributed by atoms with Crippen LogP contribution in [0.15, 0.2) is 23.4 Å². The quantitative estimate of drug-likeness (QED) is 0.835. The Labute approximate surface area is 96.4 Å². The van der Waals surface area contributed by atoms with Crippen molar-refractivity contribution in [3.8, 4) is 0 Å². The van der Waals surface area contributed by atoms with Gasteiger partial charge >= 0.3 is 6.18 Å². The molecule has 1 unspecified atom stereocenters.